The van der Waals surface area contributed by atoms with Gasteiger partial charge in [-0.15, -0.1) is 11.6 Å². The zero-order chi connectivity index (χ0) is 15.2. The molecular weight excluding hydrogens is 288 g/mol. The minimum Gasteiger partial charge on any atom is -0.300 e. The Morgan fingerprint density at radius 3 is 2.43 bits per heavy atom. The van der Waals surface area contributed by atoms with Crippen LogP contribution in [0.2, 0.25) is 0 Å². The van der Waals surface area contributed by atoms with Crippen LogP contribution < -0.4 is 0 Å². The number of nitro groups is 1. The predicted molar refractivity (Wildman–Crippen MR) is 84.5 cm³/mol. The third-order valence-corrected chi connectivity index (χ3v) is 3.65. The Bertz CT molecular complexity index is 604. The molecule has 5 heteroatoms. The lowest BCUT2D eigenvalue weighted by atomic mass is 10.1. The molecule has 2 aromatic rings. The van der Waals surface area contributed by atoms with Crippen molar-refractivity contribution in [2.24, 2.45) is 0 Å². The second-order valence-corrected chi connectivity index (χ2v) is 5.49. The first-order valence-corrected chi connectivity index (χ1v) is 7.11. The van der Waals surface area contributed by atoms with Crippen LogP contribution in [0.4, 0.5) is 5.69 Å². The molecule has 0 radical (unpaired) electrons. The second kappa shape index (κ2) is 7.20. The first-order chi connectivity index (χ1) is 10.1. The summed E-state index contributed by atoms with van der Waals surface area (Å²) < 4.78 is 0. The molecule has 0 amide bonds. The lowest BCUT2D eigenvalue weighted by Gasteiger charge is -2.20. The van der Waals surface area contributed by atoms with Gasteiger partial charge >= 0.3 is 0 Å². The molecule has 1 atom stereocenters. The fraction of sp³-hybridized carbons (Fsp3) is 0.250. The van der Waals surface area contributed by atoms with Crippen molar-refractivity contribution in [3.63, 3.8) is 0 Å². The number of hydrogen-bond donors (Lipinski definition) is 0. The van der Waals surface area contributed by atoms with E-state index in [1.807, 2.05) is 48.3 Å². The largest absolute Gasteiger partial charge is 0.300 e. The normalized spacial score (nSPS) is 12.3. The molecule has 0 aliphatic carbocycles. The molecule has 0 aliphatic heterocycles. The van der Waals surface area contributed by atoms with Gasteiger partial charge < -0.3 is 4.90 Å². The molecule has 0 heterocycles. The van der Waals surface area contributed by atoms with Crippen molar-refractivity contribution in [2.45, 2.75) is 11.9 Å². The number of likely N-dealkylation sites (N-methyl/N-ethyl adjacent to an activating group) is 1. The number of rotatable bonds is 6. The minimum absolute atomic E-state index is 0.140. The summed E-state index contributed by atoms with van der Waals surface area (Å²) in [6.45, 7) is 1.12. The van der Waals surface area contributed by atoms with E-state index in [1.54, 1.807) is 12.1 Å². The monoisotopic (exact) mass is 304 g/mol. The van der Waals surface area contributed by atoms with Gasteiger partial charge in [0.05, 0.1) is 10.3 Å². The molecule has 0 unspecified atom stereocenters. The number of halogens is 1. The third kappa shape index (κ3) is 4.28. The highest BCUT2D eigenvalue weighted by Crippen LogP contribution is 2.23. The molecular formula is C16H17ClN2O2. The van der Waals surface area contributed by atoms with Crippen molar-refractivity contribution >= 4 is 17.3 Å². The van der Waals surface area contributed by atoms with Gasteiger partial charge in [-0.1, -0.05) is 48.5 Å². The van der Waals surface area contributed by atoms with Crippen LogP contribution in [-0.4, -0.2) is 23.4 Å². The minimum atomic E-state index is -0.349. The van der Waals surface area contributed by atoms with Crippen molar-refractivity contribution in [3.05, 3.63) is 75.8 Å². The molecule has 0 N–H and O–H groups in total. The van der Waals surface area contributed by atoms with Gasteiger partial charge in [0.2, 0.25) is 0 Å². The van der Waals surface area contributed by atoms with E-state index in [4.69, 9.17) is 11.6 Å². The first-order valence-electron chi connectivity index (χ1n) is 6.68. The summed E-state index contributed by atoms with van der Waals surface area (Å²) in [6.07, 6.45) is 0. The maximum atomic E-state index is 11.0. The highest BCUT2D eigenvalue weighted by Gasteiger charge is 2.16. The van der Waals surface area contributed by atoms with E-state index in [0.717, 1.165) is 5.56 Å². The number of hydrogen-bond acceptors (Lipinski definition) is 3. The molecule has 2 aromatic carbocycles. The number of para-hydroxylation sites is 1. The lowest BCUT2D eigenvalue weighted by molar-refractivity contribution is -0.385. The van der Waals surface area contributed by atoms with Crippen molar-refractivity contribution in [1.82, 2.24) is 4.90 Å². The zero-order valence-electron chi connectivity index (χ0n) is 11.8. The summed E-state index contributed by atoms with van der Waals surface area (Å²) in [6, 6.07) is 16.6. The second-order valence-electron chi connectivity index (χ2n) is 4.96. The van der Waals surface area contributed by atoms with Gasteiger partial charge in [-0.05, 0) is 12.6 Å². The van der Waals surface area contributed by atoms with Crippen molar-refractivity contribution < 1.29 is 4.92 Å². The molecule has 110 valence electrons. The average molecular weight is 305 g/mol. The van der Waals surface area contributed by atoms with Gasteiger partial charge in [-0.25, -0.2) is 0 Å². The van der Waals surface area contributed by atoms with E-state index < -0.39 is 0 Å². The summed E-state index contributed by atoms with van der Waals surface area (Å²) in [4.78, 5) is 12.7. The quantitative estimate of drug-likeness (QED) is 0.460. The third-order valence-electron chi connectivity index (χ3n) is 3.26. The van der Waals surface area contributed by atoms with Crippen molar-refractivity contribution in [2.75, 3.05) is 13.6 Å². The maximum Gasteiger partial charge on any atom is 0.273 e. The van der Waals surface area contributed by atoms with Gasteiger partial charge in [-0.3, -0.25) is 10.1 Å². The highest BCUT2D eigenvalue weighted by atomic mass is 35.5. The number of benzene rings is 2. The Labute approximate surface area is 129 Å². The van der Waals surface area contributed by atoms with E-state index in [9.17, 15) is 10.1 Å². The summed E-state index contributed by atoms with van der Waals surface area (Å²) in [5.41, 5.74) is 1.89. The van der Waals surface area contributed by atoms with Crippen molar-refractivity contribution in [3.8, 4) is 0 Å². The van der Waals surface area contributed by atoms with E-state index in [-0.39, 0.29) is 16.0 Å². The fourth-order valence-electron chi connectivity index (χ4n) is 2.22. The molecule has 0 aromatic heterocycles. The standard InChI is InChI=1S/C16H17ClN2O2/c1-18(12-15(17)13-7-3-2-4-8-13)11-14-9-5-6-10-16(14)19(20)21/h2-10,15H,11-12H2,1H3/t15-/m0/s1. The number of alkyl halides is 1. The maximum absolute atomic E-state index is 11.0. The van der Waals surface area contributed by atoms with Gasteiger partial charge in [0, 0.05) is 24.7 Å². The van der Waals surface area contributed by atoms with Crippen LogP contribution in [0.3, 0.4) is 0 Å². The van der Waals surface area contributed by atoms with Crippen molar-refractivity contribution in [1.29, 1.82) is 0 Å². The Morgan fingerprint density at radius 2 is 1.76 bits per heavy atom. The van der Waals surface area contributed by atoms with Crippen LogP contribution >= 0.6 is 11.6 Å². The molecule has 0 spiro atoms. The predicted octanol–water partition coefficient (Wildman–Crippen LogP) is 4.01. The van der Waals surface area contributed by atoms with E-state index in [0.29, 0.717) is 18.7 Å². The number of nitrogens with zero attached hydrogens (tertiary/aromatic N) is 2. The molecule has 4 nitrogen and oxygen atoms in total. The van der Waals surface area contributed by atoms with E-state index in [1.165, 1.54) is 6.07 Å². The highest BCUT2D eigenvalue weighted by molar-refractivity contribution is 6.21. The smallest absolute Gasteiger partial charge is 0.273 e. The van der Waals surface area contributed by atoms with Crippen LogP contribution in [-0.2, 0) is 6.54 Å². The SMILES string of the molecule is CN(Cc1ccccc1[N+](=O)[O-])C[C@H](Cl)c1ccccc1. The molecule has 0 bridgehead atoms. The lowest BCUT2D eigenvalue weighted by Crippen LogP contribution is -2.22. The molecule has 2 rings (SSSR count). The molecule has 21 heavy (non-hydrogen) atoms. The molecule has 0 aliphatic rings. The van der Waals surface area contributed by atoms with Crippen LogP contribution in [0.5, 0.6) is 0 Å². The molecule has 0 saturated carbocycles. The Morgan fingerprint density at radius 1 is 1.14 bits per heavy atom. The Kier molecular flexibility index (Phi) is 5.31. The van der Waals surface area contributed by atoms with Gasteiger partial charge in [0.1, 0.15) is 0 Å². The zero-order valence-corrected chi connectivity index (χ0v) is 12.5. The van der Waals surface area contributed by atoms with Gasteiger partial charge in [0.15, 0.2) is 0 Å². The summed E-state index contributed by atoms with van der Waals surface area (Å²) >= 11 is 6.39. The van der Waals surface area contributed by atoms with Gasteiger partial charge in [-0.2, -0.15) is 0 Å². The molecule has 0 saturated heterocycles. The topological polar surface area (TPSA) is 46.4 Å². The van der Waals surface area contributed by atoms with E-state index in [2.05, 4.69) is 0 Å². The summed E-state index contributed by atoms with van der Waals surface area (Å²) in [5.74, 6) is 0. The first kappa shape index (κ1) is 15.5. The van der Waals surface area contributed by atoms with Crippen LogP contribution in [0, 0.1) is 10.1 Å². The van der Waals surface area contributed by atoms with Crippen LogP contribution in [0.15, 0.2) is 54.6 Å². The fourth-order valence-corrected chi connectivity index (χ4v) is 2.60. The summed E-state index contributed by atoms with van der Waals surface area (Å²) in [7, 11) is 1.91. The number of nitro benzene ring substituents is 1. The van der Waals surface area contributed by atoms with Crippen LogP contribution in [0.1, 0.15) is 16.5 Å². The van der Waals surface area contributed by atoms with Gasteiger partial charge in [0.25, 0.3) is 5.69 Å². The molecule has 0 fully saturated rings. The summed E-state index contributed by atoms with van der Waals surface area (Å²) in [5, 5.41) is 10.9. The Hall–Kier alpha value is -1.91. The average Bonchev–Trinajstić information content (AvgIpc) is 2.48. The van der Waals surface area contributed by atoms with Crippen LogP contribution in [0.25, 0.3) is 0 Å². The Balaban J connectivity index is 2.02. The van der Waals surface area contributed by atoms with E-state index >= 15 is 0 Å².